The first-order valence-corrected chi connectivity index (χ1v) is 6.92. The van der Waals surface area contributed by atoms with Crippen LogP contribution in [0.2, 0.25) is 0 Å². The Morgan fingerprint density at radius 3 is 2.52 bits per heavy atom. The number of anilines is 1. The van der Waals surface area contributed by atoms with Crippen molar-refractivity contribution in [2.75, 3.05) is 12.4 Å². The molecule has 21 heavy (non-hydrogen) atoms. The fourth-order valence-corrected chi connectivity index (χ4v) is 1.90. The van der Waals surface area contributed by atoms with Crippen molar-refractivity contribution in [2.24, 2.45) is 0 Å². The Morgan fingerprint density at radius 1 is 1.19 bits per heavy atom. The Hall–Kier alpha value is -2.17. The van der Waals surface area contributed by atoms with Gasteiger partial charge in [-0.1, -0.05) is 19.9 Å². The van der Waals surface area contributed by atoms with Gasteiger partial charge in [0.25, 0.3) is 0 Å². The molecule has 0 fully saturated rings. The topological polar surface area (TPSA) is 47.0 Å². The summed E-state index contributed by atoms with van der Waals surface area (Å²) >= 11 is 0. The van der Waals surface area contributed by atoms with Crippen molar-refractivity contribution in [3.05, 3.63) is 41.0 Å². The summed E-state index contributed by atoms with van der Waals surface area (Å²) in [5, 5.41) is 3.04. The van der Waals surface area contributed by atoms with E-state index in [2.05, 4.69) is 15.3 Å². The largest absolute Gasteiger partial charge is 0.438 e. The molecule has 1 aromatic carbocycles. The molecule has 2 aromatic rings. The van der Waals surface area contributed by atoms with Crippen molar-refractivity contribution in [3.8, 4) is 11.6 Å². The molecule has 1 N–H and O–H groups in total. The summed E-state index contributed by atoms with van der Waals surface area (Å²) in [6.45, 7) is 7.77. The molecule has 1 heterocycles. The second-order valence-electron chi connectivity index (χ2n) is 5.28. The molecule has 0 saturated carbocycles. The van der Waals surface area contributed by atoms with Gasteiger partial charge in [0.2, 0.25) is 5.88 Å². The standard InChI is InChI=1S/C16H20FN3O/c1-9(2)14-19-15(18-5)11(4)16(20-14)21-13-8-12(17)7-6-10(13)3/h6-9H,1-5H3,(H,18,19,20). The number of hydrogen-bond donors (Lipinski definition) is 1. The van der Waals surface area contributed by atoms with E-state index in [1.54, 1.807) is 13.1 Å². The summed E-state index contributed by atoms with van der Waals surface area (Å²) in [7, 11) is 1.80. The van der Waals surface area contributed by atoms with E-state index in [1.165, 1.54) is 12.1 Å². The Morgan fingerprint density at radius 2 is 1.90 bits per heavy atom. The normalized spacial score (nSPS) is 10.8. The third-order valence-electron chi connectivity index (χ3n) is 3.23. The average molecular weight is 289 g/mol. The molecule has 0 spiro atoms. The minimum Gasteiger partial charge on any atom is -0.438 e. The highest BCUT2D eigenvalue weighted by Gasteiger charge is 2.15. The first kappa shape index (κ1) is 15.2. The van der Waals surface area contributed by atoms with E-state index < -0.39 is 0 Å². The van der Waals surface area contributed by atoms with Gasteiger partial charge in [-0.3, -0.25) is 0 Å². The number of halogens is 1. The summed E-state index contributed by atoms with van der Waals surface area (Å²) in [5.41, 5.74) is 1.65. The van der Waals surface area contributed by atoms with E-state index in [9.17, 15) is 4.39 Å². The van der Waals surface area contributed by atoms with Gasteiger partial charge in [-0.2, -0.15) is 4.98 Å². The quantitative estimate of drug-likeness (QED) is 0.916. The monoisotopic (exact) mass is 289 g/mol. The van der Waals surface area contributed by atoms with E-state index in [1.807, 2.05) is 27.7 Å². The Bertz CT molecular complexity index is 656. The van der Waals surface area contributed by atoms with Gasteiger partial charge in [-0.05, 0) is 25.5 Å². The zero-order valence-electron chi connectivity index (χ0n) is 13.0. The summed E-state index contributed by atoms with van der Waals surface area (Å²) in [6, 6.07) is 4.46. The molecule has 0 saturated heterocycles. The van der Waals surface area contributed by atoms with Gasteiger partial charge in [-0.15, -0.1) is 0 Å². The number of aromatic nitrogens is 2. The summed E-state index contributed by atoms with van der Waals surface area (Å²) in [5.74, 6) is 2.17. The van der Waals surface area contributed by atoms with Crippen LogP contribution < -0.4 is 10.1 Å². The number of hydrogen-bond acceptors (Lipinski definition) is 4. The van der Waals surface area contributed by atoms with Gasteiger partial charge in [-0.25, -0.2) is 9.37 Å². The number of benzene rings is 1. The molecule has 2 rings (SSSR count). The molecule has 0 amide bonds. The molecule has 0 atom stereocenters. The van der Waals surface area contributed by atoms with Gasteiger partial charge >= 0.3 is 0 Å². The van der Waals surface area contributed by atoms with Crippen LogP contribution in [0.4, 0.5) is 10.2 Å². The second-order valence-corrected chi connectivity index (χ2v) is 5.28. The molecular weight excluding hydrogens is 269 g/mol. The van der Waals surface area contributed by atoms with Crippen molar-refractivity contribution in [2.45, 2.75) is 33.6 Å². The lowest BCUT2D eigenvalue weighted by atomic mass is 10.2. The van der Waals surface area contributed by atoms with Crippen molar-refractivity contribution < 1.29 is 9.13 Å². The molecule has 4 nitrogen and oxygen atoms in total. The summed E-state index contributed by atoms with van der Waals surface area (Å²) in [6.07, 6.45) is 0. The van der Waals surface area contributed by atoms with Crippen molar-refractivity contribution >= 4 is 5.82 Å². The fraction of sp³-hybridized carbons (Fsp3) is 0.375. The highest BCUT2D eigenvalue weighted by molar-refractivity contribution is 5.50. The first-order chi connectivity index (χ1) is 9.92. The number of rotatable bonds is 4. The van der Waals surface area contributed by atoms with Crippen LogP contribution in [0.3, 0.4) is 0 Å². The van der Waals surface area contributed by atoms with Crippen LogP contribution in [0, 0.1) is 19.7 Å². The van der Waals surface area contributed by atoms with Crippen LogP contribution in [0.1, 0.15) is 36.7 Å². The lowest BCUT2D eigenvalue weighted by Gasteiger charge is -2.15. The number of ether oxygens (including phenoxy) is 1. The average Bonchev–Trinajstić information content (AvgIpc) is 2.44. The highest BCUT2D eigenvalue weighted by Crippen LogP contribution is 2.30. The molecule has 0 aliphatic carbocycles. The van der Waals surface area contributed by atoms with E-state index in [4.69, 9.17) is 4.74 Å². The third-order valence-corrected chi connectivity index (χ3v) is 3.23. The number of nitrogens with one attached hydrogen (secondary N) is 1. The van der Waals surface area contributed by atoms with Crippen LogP contribution >= 0.6 is 0 Å². The molecule has 0 aliphatic heterocycles. The number of nitrogens with zero attached hydrogens (tertiary/aromatic N) is 2. The van der Waals surface area contributed by atoms with Gasteiger partial charge in [0.1, 0.15) is 23.2 Å². The molecule has 0 bridgehead atoms. The molecule has 5 heteroatoms. The van der Waals surface area contributed by atoms with Crippen LogP contribution in [0.5, 0.6) is 11.6 Å². The molecular formula is C16H20FN3O. The van der Waals surface area contributed by atoms with E-state index in [0.717, 1.165) is 16.9 Å². The molecule has 0 radical (unpaired) electrons. The van der Waals surface area contributed by atoms with Crippen LogP contribution in [0.15, 0.2) is 18.2 Å². The number of aryl methyl sites for hydroxylation is 1. The van der Waals surface area contributed by atoms with Gasteiger partial charge < -0.3 is 10.1 Å². The SMILES string of the molecule is CNc1nc(C(C)C)nc(Oc2cc(F)ccc2C)c1C. The fourth-order valence-electron chi connectivity index (χ4n) is 1.90. The molecule has 0 unspecified atom stereocenters. The van der Waals surface area contributed by atoms with Gasteiger partial charge in [0, 0.05) is 19.0 Å². The van der Waals surface area contributed by atoms with E-state index in [0.29, 0.717) is 17.5 Å². The van der Waals surface area contributed by atoms with Crippen LogP contribution in [0.25, 0.3) is 0 Å². The summed E-state index contributed by atoms with van der Waals surface area (Å²) in [4.78, 5) is 8.91. The molecule has 0 aliphatic rings. The third kappa shape index (κ3) is 3.29. The van der Waals surface area contributed by atoms with E-state index in [-0.39, 0.29) is 11.7 Å². The lowest BCUT2D eigenvalue weighted by molar-refractivity contribution is 0.445. The van der Waals surface area contributed by atoms with Crippen molar-refractivity contribution in [3.63, 3.8) is 0 Å². The van der Waals surface area contributed by atoms with Crippen LogP contribution in [-0.2, 0) is 0 Å². The zero-order valence-corrected chi connectivity index (χ0v) is 13.0. The van der Waals surface area contributed by atoms with Crippen molar-refractivity contribution in [1.82, 2.24) is 9.97 Å². The van der Waals surface area contributed by atoms with Gasteiger partial charge in [0.05, 0.1) is 5.56 Å². The van der Waals surface area contributed by atoms with Crippen molar-refractivity contribution in [1.29, 1.82) is 0 Å². The zero-order chi connectivity index (χ0) is 15.6. The predicted molar refractivity (Wildman–Crippen MR) is 81.6 cm³/mol. The molecule has 112 valence electrons. The maximum atomic E-state index is 13.4. The maximum absolute atomic E-state index is 13.4. The lowest BCUT2D eigenvalue weighted by Crippen LogP contribution is -2.06. The smallest absolute Gasteiger partial charge is 0.227 e. The Balaban J connectivity index is 2.47. The van der Waals surface area contributed by atoms with Gasteiger partial charge in [0.15, 0.2) is 0 Å². The highest BCUT2D eigenvalue weighted by atomic mass is 19.1. The second kappa shape index (κ2) is 6.08. The maximum Gasteiger partial charge on any atom is 0.227 e. The summed E-state index contributed by atoms with van der Waals surface area (Å²) < 4.78 is 19.2. The van der Waals surface area contributed by atoms with E-state index >= 15 is 0 Å². The Labute approximate surface area is 124 Å². The minimum atomic E-state index is -0.333. The van der Waals surface area contributed by atoms with Crippen LogP contribution in [-0.4, -0.2) is 17.0 Å². The minimum absolute atomic E-state index is 0.175. The predicted octanol–water partition coefficient (Wildman–Crippen LogP) is 4.19. The molecule has 1 aromatic heterocycles. The Kier molecular flexibility index (Phi) is 4.40. The first-order valence-electron chi connectivity index (χ1n) is 6.92.